The Balaban J connectivity index is 4.05. The Labute approximate surface area is 514 Å². The van der Waals surface area contributed by atoms with Crippen LogP contribution in [0.25, 0.3) is 0 Å². The van der Waals surface area contributed by atoms with Gasteiger partial charge in [0, 0.05) is 12.8 Å². The van der Waals surface area contributed by atoms with Gasteiger partial charge in [-0.1, -0.05) is 306 Å². The molecule has 0 N–H and O–H groups in total. The molecule has 0 aliphatic rings. The van der Waals surface area contributed by atoms with Crippen LogP contribution in [0.4, 0.5) is 0 Å². The SMILES string of the molecule is CCCCCCC/C=C\C/C=C\CCCCCCCCCCCCCCCCCCCCCCCC(=O)OC(COC(=O)CCCCCCCCCCCCCCC/C=C\C/C=C\CCCCCCC)COC(OCC[N+](C)(C)C)C(=O)[O-]. The average Bonchev–Trinajstić information content (AvgIpc) is 3.46. The molecule has 0 saturated heterocycles. The number of aliphatic carboxylic acids is 1. The number of esters is 2. The van der Waals surface area contributed by atoms with Crippen molar-refractivity contribution >= 4 is 17.9 Å². The summed E-state index contributed by atoms with van der Waals surface area (Å²) in [6.07, 6.45) is 80.6. The number of hydrogen-bond donors (Lipinski definition) is 0. The van der Waals surface area contributed by atoms with E-state index in [0.717, 1.165) is 51.4 Å². The third-order valence-corrected chi connectivity index (χ3v) is 16.0. The number of unbranched alkanes of at least 4 members (excludes halogenated alkanes) is 44. The number of nitrogens with zero attached hydrogens (tertiary/aromatic N) is 1. The number of rotatable bonds is 67. The second-order valence-electron chi connectivity index (χ2n) is 25.5. The van der Waals surface area contributed by atoms with Crippen LogP contribution in [0.15, 0.2) is 48.6 Å². The van der Waals surface area contributed by atoms with Gasteiger partial charge in [-0.15, -0.1) is 0 Å². The number of hydrogen-bond acceptors (Lipinski definition) is 8. The van der Waals surface area contributed by atoms with E-state index in [-0.39, 0.29) is 32.2 Å². The molecule has 2 atom stereocenters. The van der Waals surface area contributed by atoms with E-state index >= 15 is 0 Å². The Morgan fingerprint density at radius 1 is 0.361 bits per heavy atom. The first-order valence-electron chi connectivity index (χ1n) is 35.8. The molecule has 0 spiro atoms. The van der Waals surface area contributed by atoms with Crippen LogP contribution in [0.2, 0.25) is 0 Å². The predicted octanol–water partition coefficient (Wildman–Crippen LogP) is 20.8. The van der Waals surface area contributed by atoms with Gasteiger partial charge in [-0.25, -0.2) is 0 Å². The van der Waals surface area contributed by atoms with Gasteiger partial charge in [0.2, 0.25) is 0 Å². The molecule has 0 heterocycles. The molecular formula is C74H137NO8. The maximum Gasteiger partial charge on any atom is 0.306 e. The summed E-state index contributed by atoms with van der Waals surface area (Å²) in [4.78, 5) is 37.5. The lowest BCUT2D eigenvalue weighted by atomic mass is 10.0. The van der Waals surface area contributed by atoms with E-state index in [1.54, 1.807) is 0 Å². The zero-order valence-electron chi connectivity index (χ0n) is 55.6. The zero-order chi connectivity index (χ0) is 60.5. The maximum absolute atomic E-state index is 12.9. The molecule has 0 aromatic rings. The standard InChI is InChI=1S/C74H137NO8/c1-6-8-10-12-14-16-18-20-22-24-26-28-30-32-33-34-35-36-37-38-39-41-43-45-47-49-51-53-55-57-59-61-63-65-72(77)83-70(69-82-74(73(78)79)80-67-66-75(3,4)5)68-81-71(76)64-62-60-58-56-54-52-50-48-46-44-42-40-31-29-27-25-23-21-19-17-15-13-11-9-7-2/h18-21,24-27,70,74H,6-17,22-23,28-69H2,1-5H3/b20-18-,21-19-,26-24-,27-25-. The molecule has 0 radical (unpaired) electrons. The Hall–Kier alpha value is -2.75. The Morgan fingerprint density at radius 3 is 0.952 bits per heavy atom. The van der Waals surface area contributed by atoms with Crippen LogP contribution >= 0.6 is 0 Å². The van der Waals surface area contributed by atoms with Gasteiger partial charge < -0.3 is 33.3 Å². The minimum Gasteiger partial charge on any atom is -0.545 e. The van der Waals surface area contributed by atoms with Crippen LogP contribution in [0.5, 0.6) is 0 Å². The summed E-state index contributed by atoms with van der Waals surface area (Å²) in [5.41, 5.74) is 0. The molecule has 0 aromatic heterocycles. The summed E-state index contributed by atoms with van der Waals surface area (Å²) in [5.74, 6) is -2.26. The van der Waals surface area contributed by atoms with Gasteiger partial charge in [-0.3, -0.25) is 9.59 Å². The number of allylic oxidation sites excluding steroid dienone is 8. The van der Waals surface area contributed by atoms with Gasteiger partial charge in [0.1, 0.15) is 13.2 Å². The molecule has 0 amide bonds. The second kappa shape index (κ2) is 65.2. The average molecular weight is 1170 g/mol. The Morgan fingerprint density at radius 2 is 0.651 bits per heavy atom. The minimum absolute atomic E-state index is 0.149. The molecule has 486 valence electrons. The van der Waals surface area contributed by atoms with E-state index in [1.807, 2.05) is 21.1 Å². The molecular weight excluding hydrogens is 1030 g/mol. The molecule has 0 saturated carbocycles. The topological polar surface area (TPSA) is 111 Å². The lowest BCUT2D eigenvalue weighted by molar-refractivity contribution is -0.870. The number of carboxylic acid groups (broad SMARTS) is 1. The van der Waals surface area contributed by atoms with Crippen molar-refractivity contribution in [2.75, 3.05) is 47.5 Å². The van der Waals surface area contributed by atoms with Gasteiger partial charge in [-0.05, 0) is 77.0 Å². The van der Waals surface area contributed by atoms with Crippen molar-refractivity contribution in [1.29, 1.82) is 0 Å². The van der Waals surface area contributed by atoms with Crippen LogP contribution in [-0.2, 0) is 33.3 Å². The highest BCUT2D eigenvalue weighted by Crippen LogP contribution is 2.18. The monoisotopic (exact) mass is 1170 g/mol. The van der Waals surface area contributed by atoms with Crippen LogP contribution in [0, 0.1) is 0 Å². The molecule has 0 bridgehead atoms. The quantitative estimate of drug-likeness (QED) is 0.0195. The summed E-state index contributed by atoms with van der Waals surface area (Å²) >= 11 is 0. The summed E-state index contributed by atoms with van der Waals surface area (Å²) in [6, 6.07) is 0. The first-order chi connectivity index (χ1) is 40.6. The van der Waals surface area contributed by atoms with Crippen LogP contribution < -0.4 is 5.11 Å². The summed E-state index contributed by atoms with van der Waals surface area (Å²) in [7, 11) is 5.94. The lowest BCUT2D eigenvalue weighted by Gasteiger charge is -2.26. The first-order valence-corrected chi connectivity index (χ1v) is 35.8. The molecule has 0 aliphatic carbocycles. The van der Waals surface area contributed by atoms with Crippen molar-refractivity contribution in [2.45, 2.75) is 360 Å². The molecule has 2 unspecified atom stereocenters. The van der Waals surface area contributed by atoms with Gasteiger partial charge in [0.25, 0.3) is 0 Å². The van der Waals surface area contributed by atoms with Crippen molar-refractivity contribution in [3.63, 3.8) is 0 Å². The number of carbonyl (C=O) groups excluding carboxylic acids is 3. The number of carbonyl (C=O) groups is 3. The number of likely N-dealkylation sites (N-methyl/N-ethyl adjacent to an activating group) is 1. The molecule has 0 aromatic carbocycles. The molecule has 0 rings (SSSR count). The first kappa shape index (κ1) is 80.2. The highest BCUT2D eigenvalue weighted by Gasteiger charge is 2.22. The smallest absolute Gasteiger partial charge is 0.306 e. The molecule has 0 aliphatic heterocycles. The number of quaternary nitrogens is 1. The van der Waals surface area contributed by atoms with Gasteiger partial charge in [0.05, 0.1) is 40.3 Å². The van der Waals surface area contributed by atoms with Gasteiger partial charge in [-0.2, -0.15) is 0 Å². The van der Waals surface area contributed by atoms with Crippen molar-refractivity contribution < 1.29 is 42.9 Å². The Kier molecular flexibility index (Phi) is 63.1. The third-order valence-electron chi connectivity index (χ3n) is 16.0. The second-order valence-corrected chi connectivity index (χ2v) is 25.5. The fourth-order valence-corrected chi connectivity index (χ4v) is 10.5. The maximum atomic E-state index is 12.9. The predicted molar refractivity (Wildman–Crippen MR) is 352 cm³/mol. The van der Waals surface area contributed by atoms with Crippen LogP contribution in [0.3, 0.4) is 0 Å². The molecule has 0 fully saturated rings. The lowest BCUT2D eigenvalue weighted by Crippen LogP contribution is -2.44. The van der Waals surface area contributed by atoms with Crippen LogP contribution in [-0.4, -0.2) is 82.3 Å². The van der Waals surface area contributed by atoms with Crippen molar-refractivity contribution in [3.05, 3.63) is 48.6 Å². The fraction of sp³-hybridized carbons (Fsp3) is 0.851. The van der Waals surface area contributed by atoms with Crippen molar-refractivity contribution in [3.8, 4) is 0 Å². The summed E-state index contributed by atoms with van der Waals surface area (Å²) < 4.78 is 22.8. The minimum atomic E-state index is -1.62. The molecule has 9 heteroatoms. The van der Waals surface area contributed by atoms with Crippen molar-refractivity contribution in [2.24, 2.45) is 0 Å². The molecule has 83 heavy (non-hydrogen) atoms. The van der Waals surface area contributed by atoms with E-state index in [1.165, 1.54) is 270 Å². The zero-order valence-corrected chi connectivity index (χ0v) is 55.6. The summed E-state index contributed by atoms with van der Waals surface area (Å²) in [5, 5.41) is 11.8. The largest absolute Gasteiger partial charge is 0.545 e. The van der Waals surface area contributed by atoms with E-state index in [2.05, 4.69) is 62.5 Å². The van der Waals surface area contributed by atoms with Gasteiger partial charge in [0.15, 0.2) is 12.4 Å². The number of ether oxygens (including phenoxy) is 4. The highest BCUT2D eigenvalue weighted by atomic mass is 16.7. The Bertz CT molecular complexity index is 1500. The van der Waals surface area contributed by atoms with E-state index in [4.69, 9.17) is 18.9 Å². The fourth-order valence-electron chi connectivity index (χ4n) is 10.5. The van der Waals surface area contributed by atoms with E-state index in [9.17, 15) is 19.5 Å². The highest BCUT2D eigenvalue weighted by molar-refractivity contribution is 5.70. The molecule has 9 nitrogen and oxygen atoms in total. The third kappa shape index (κ3) is 66.6. The van der Waals surface area contributed by atoms with E-state index < -0.39 is 24.3 Å². The number of carboxylic acids is 1. The normalized spacial score (nSPS) is 12.9. The van der Waals surface area contributed by atoms with Gasteiger partial charge >= 0.3 is 11.9 Å². The summed E-state index contributed by atoms with van der Waals surface area (Å²) in [6.45, 7) is 4.78. The van der Waals surface area contributed by atoms with Crippen LogP contribution in [0.1, 0.15) is 348 Å². The van der Waals surface area contributed by atoms with Crippen molar-refractivity contribution in [1.82, 2.24) is 0 Å². The van der Waals surface area contributed by atoms with E-state index in [0.29, 0.717) is 17.4 Å².